The summed E-state index contributed by atoms with van der Waals surface area (Å²) in [5, 5.41) is 3.55. The minimum atomic E-state index is 0.834. The quantitative estimate of drug-likeness (QED) is 0.214. The van der Waals surface area contributed by atoms with Crippen LogP contribution in [0.15, 0.2) is 122 Å². The van der Waals surface area contributed by atoms with E-state index in [-0.39, 0.29) is 0 Å². The number of fused-ring (bicyclic) bond motifs is 12. The number of imidazole rings is 2. The van der Waals surface area contributed by atoms with Crippen molar-refractivity contribution >= 4 is 81.3 Å². The van der Waals surface area contributed by atoms with Gasteiger partial charge in [0, 0.05) is 26.5 Å². The second kappa shape index (κ2) is 8.02. The molecule has 0 atom stereocenters. The fourth-order valence-corrected chi connectivity index (χ4v) is 7.78. The van der Waals surface area contributed by atoms with Gasteiger partial charge >= 0.3 is 0 Å². The smallest absolute Gasteiger partial charge is 0.222 e. The standard InChI is InChI=1S/C35H20N6S/c1-2-10-21(11-3-1)39-25-14-6-4-12-22(25)23-18-19-28-31(32(23)39)38-35-40(28)26-15-7-8-16-27(26)41(35)34-33-30(36-20-37-34)24-13-5-9-17-29(24)42-33/h1-20H. The van der Waals surface area contributed by atoms with Gasteiger partial charge in [0.05, 0.1) is 37.8 Å². The molecule has 0 unspecified atom stereocenters. The van der Waals surface area contributed by atoms with E-state index in [9.17, 15) is 0 Å². The molecule has 0 amide bonds. The maximum atomic E-state index is 5.45. The third kappa shape index (κ3) is 2.75. The Morgan fingerprint density at radius 1 is 0.524 bits per heavy atom. The van der Waals surface area contributed by atoms with Gasteiger partial charge in [-0.15, -0.1) is 11.3 Å². The van der Waals surface area contributed by atoms with Crippen molar-refractivity contribution in [2.24, 2.45) is 0 Å². The predicted molar refractivity (Wildman–Crippen MR) is 172 cm³/mol. The minimum Gasteiger partial charge on any atom is -0.307 e. The van der Waals surface area contributed by atoms with E-state index < -0.39 is 0 Å². The molecule has 196 valence electrons. The van der Waals surface area contributed by atoms with E-state index in [0.29, 0.717) is 0 Å². The fourth-order valence-electron chi connectivity index (χ4n) is 6.64. The van der Waals surface area contributed by atoms with Gasteiger partial charge in [0.15, 0.2) is 5.82 Å². The van der Waals surface area contributed by atoms with Crippen molar-refractivity contribution in [3.63, 3.8) is 0 Å². The molecule has 0 saturated heterocycles. The summed E-state index contributed by atoms with van der Waals surface area (Å²) in [6.07, 6.45) is 1.68. The first-order valence-electron chi connectivity index (χ1n) is 13.9. The van der Waals surface area contributed by atoms with Crippen LogP contribution >= 0.6 is 11.3 Å². The molecule has 42 heavy (non-hydrogen) atoms. The van der Waals surface area contributed by atoms with Gasteiger partial charge in [0.25, 0.3) is 0 Å². The summed E-state index contributed by atoms with van der Waals surface area (Å²) in [5.74, 6) is 1.68. The molecular weight excluding hydrogens is 536 g/mol. The van der Waals surface area contributed by atoms with Gasteiger partial charge in [-0.25, -0.2) is 15.0 Å². The second-order valence-corrected chi connectivity index (χ2v) is 11.6. The summed E-state index contributed by atoms with van der Waals surface area (Å²) < 4.78 is 9.08. The average Bonchev–Trinajstić information content (AvgIpc) is 3.78. The maximum absolute atomic E-state index is 5.45. The molecule has 0 N–H and O–H groups in total. The number of rotatable bonds is 2. The molecule has 0 aliphatic rings. The highest BCUT2D eigenvalue weighted by atomic mass is 32.1. The molecule has 5 heterocycles. The first kappa shape index (κ1) is 22.2. The Bertz CT molecular complexity index is 2690. The van der Waals surface area contributed by atoms with Gasteiger partial charge in [0.1, 0.15) is 11.8 Å². The van der Waals surface area contributed by atoms with Crippen LogP contribution in [0.3, 0.4) is 0 Å². The molecule has 0 spiro atoms. The van der Waals surface area contributed by atoms with E-state index in [1.165, 1.54) is 21.0 Å². The molecule has 0 aliphatic carbocycles. The number of hydrogen-bond acceptors (Lipinski definition) is 4. The lowest BCUT2D eigenvalue weighted by Crippen LogP contribution is -1.99. The highest BCUT2D eigenvalue weighted by molar-refractivity contribution is 7.26. The Morgan fingerprint density at radius 2 is 1.26 bits per heavy atom. The van der Waals surface area contributed by atoms with Crippen molar-refractivity contribution in [3.05, 3.63) is 122 Å². The SMILES string of the molecule is c1ccc(-n2c3ccccc3c3ccc4c(nc5n(-c6ncnc7c6sc6ccccc67)c6ccccc6n45)c32)cc1. The first-order valence-corrected chi connectivity index (χ1v) is 14.7. The van der Waals surface area contributed by atoms with Crippen LogP contribution in [0.2, 0.25) is 0 Å². The number of hydrogen-bond donors (Lipinski definition) is 0. The van der Waals surface area contributed by atoms with Crippen molar-refractivity contribution < 1.29 is 0 Å². The van der Waals surface area contributed by atoms with Crippen molar-refractivity contribution in [2.45, 2.75) is 0 Å². The lowest BCUT2D eigenvalue weighted by Gasteiger charge is -2.08. The predicted octanol–water partition coefficient (Wildman–Crippen LogP) is 8.69. The molecule has 0 radical (unpaired) electrons. The summed E-state index contributed by atoms with van der Waals surface area (Å²) >= 11 is 1.73. The molecule has 6 nitrogen and oxygen atoms in total. The van der Waals surface area contributed by atoms with Gasteiger partial charge in [-0.1, -0.05) is 66.7 Å². The molecule has 0 saturated carbocycles. The third-order valence-corrected chi connectivity index (χ3v) is 9.53. The Balaban J connectivity index is 1.41. The number of thiophene rings is 1. The van der Waals surface area contributed by atoms with Gasteiger partial charge in [-0.2, -0.15) is 0 Å². The molecule has 0 fully saturated rings. The molecule has 7 heteroatoms. The Labute approximate surface area is 242 Å². The summed E-state index contributed by atoms with van der Waals surface area (Å²) in [6.45, 7) is 0. The molecule has 5 aromatic heterocycles. The van der Waals surface area contributed by atoms with Crippen LogP contribution in [0, 0.1) is 0 Å². The summed E-state index contributed by atoms with van der Waals surface area (Å²) in [5.41, 5.74) is 8.53. The van der Waals surface area contributed by atoms with Crippen LogP contribution in [0.1, 0.15) is 0 Å². The Morgan fingerprint density at radius 3 is 2.14 bits per heavy atom. The highest BCUT2D eigenvalue weighted by Gasteiger charge is 2.24. The second-order valence-electron chi connectivity index (χ2n) is 10.6. The zero-order chi connectivity index (χ0) is 27.4. The molecule has 5 aromatic carbocycles. The molecule has 0 aliphatic heterocycles. The lowest BCUT2D eigenvalue weighted by molar-refractivity contribution is 1.04. The largest absolute Gasteiger partial charge is 0.307 e. The van der Waals surface area contributed by atoms with Gasteiger partial charge < -0.3 is 4.57 Å². The Hall–Kier alpha value is -5.53. The monoisotopic (exact) mass is 556 g/mol. The van der Waals surface area contributed by atoms with E-state index in [2.05, 4.69) is 129 Å². The zero-order valence-corrected chi connectivity index (χ0v) is 23.0. The molecule has 10 rings (SSSR count). The van der Waals surface area contributed by atoms with Crippen molar-refractivity contribution in [3.8, 4) is 11.5 Å². The van der Waals surface area contributed by atoms with E-state index in [1.54, 1.807) is 17.7 Å². The summed E-state index contributed by atoms with van der Waals surface area (Å²) in [6, 6.07) is 40.5. The van der Waals surface area contributed by atoms with E-state index in [1.807, 2.05) is 0 Å². The van der Waals surface area contributed by atoms with Crippen molar-refractivity contribution in [1.82, 2.24) is 28.5 Å². The zero-order valence-electron chi connectivity index (χ0n) is 22.1. The first-order chi connectivity index (χ1) is 20.9. The van der Waals surface area contributed by atoms with Crippen LogP contribution in [-0.2, 0) is 0 Å². The number of benzene rings is 5. The van der Waals surface area contributed by atoms with Gasteiger partial charge in [-0.05, 0) is 48.5 Å². The third-order valence-electron chi connectivity index (χ3n) is 8.37. The van der Waals surface area contributed by atoms with Gasteiger partial charge in [-0.3, -0.25) is 8.97 Å². The van der Waals surface area contributed by atoms with Crippen molar-refractivity contribution in [2.75, 3.05) is 0 Å². The van der Waals surface area contributed by atoms with Crippen molar-refractivity contribution in [1.29, 1.82) is 0 Å². The molecular formula is C35H20N6S. The summed E-state index contributed by atoms with van der Waals surface area (Å²) in [4.78, 5) is 15.0. The normalized spacial score (nSPS) is 12.3. The van der Waals surface area contributed by atoms with E-state index in [0.717, 1.165) is 60.5 Å². The Kier molecular flexibility index (Phi) is 4.24. The lowest BCUT2D eigenvalue weighted by atomic mass is 10.1. The van der Waals surface area contributed by atoms with Crippen LogP contribution in [-0.4, -0.2) is 28.5 Å². The number of nitrogens with zero attached hydrogens (tertiary/aromatic N) is 6. The number of aromatic nitrogens is 6. The van der Waals surface area contributed by atoms with Crippen LogP contribution in [0.5, 0.6) is 0 Å². The fraction of sp³-hybridized carbons (Fsp3) is 0. The van der Waals surface area contributed by atoms with Crippen LogP contribution < -0.4 is 0 Å². The highest BCUT2D eigenvalue weighted by Crippen LogP contribution is 2.40. The summed E-state index contributed by atoms with van der Waals surface area (Å²) in [7, 11) is 0. The minimum absolute atomic E-state index is 0.834. The molecule has 10 aromatic rings. The number of para-hydroxylation sites is 4. The topological polar surface area (TPSA) is 52.9 Å². The maximum Gasteiger partial charge on any atom is 0.222 e. The van der Waals surface area contributed by atoms with Crippen LogP contribution in [0.25, 0.3) is 81.5 Å². The van der Waals surface area contributed by atoms with Crippen LogP contribution in [0.4, 0.5) is 0 Å². The van der Waals surface area contributed by atoms with E-state index in [4.69, 9.17) is 15.0 Å². The molecule has 0 bridgehead atoms. The van der Waals surface area contributed by atoms with Gasteiger partial charge in [0.2, 0.25) is 5.78 Å². The average molecular weight is 557 g/mol. The van der Waals surface area contributed by atoms with E-state index >= 15 is 0 Å².